The van der Waals surface area contributed by atoms with E-state index < -0.39 is 10.0 Å². The van der Waals surface area contributed by atoms with Crippen LogP contribution in [0.2, 0.25) is 0 Å². The second kappa shape index (κ2) is 7.21. The van der Waals surface area contributed by atoms with Crippen molar-refractivity contribution >= 4 is 15.9 Å². The molecule has 7 heteroatoms. The summed E-state index contributed by atoms with van der Waals surface area (Å²) < 4.78 is 26.9. The minimum Gasteiger partial charge on any atom is -0.341 e. The zero-order valence-electron chi connectivity index (χ0n) is 13.8. The van der Waals surface area contributed by atoms with Gasteiger partial charge in [0.25, 0.3) is 0 Å². The first-order chi connectivity index (χ1) is 11.5. The van der Waals surface area contributed by atoms with Gasteiger partial charge in [-0.1, -0.05) is 18.2 Å². The molecular formula is C17H25N3O3S. The Morgan fingerprint density at radius 1 is 1.04 bits per heavy atom. The molecule has 1 amide bonds. The highest BCUT2D eigenvalue weighted by molar-refractivity contribution is 7.89. The van der Waals surface area contributed by atoms with E-state index in [9.17, 15) is 13.2 Å². The van der Waals surface area contributed by atoms with Crippen LogP contribution in [0.5, 0.6) is 0 Å². The molecule has 0 bridgehead atoms. The van der Waals surface area contributed by atoms with Gasteiger partial charge in [0, 0.05) is 38.1 Å². The summed E-state index contributed by atoms with van der Waals surface area (Å²) in [6.45, 7) is 1.87. The maximum absolute atomic E-state index is 12.7. The molecule has 1 saturated carbocycles. The van der Waals surface area contributed by atoms with Crippen molar-refractivity contribution in [3.63, 3.8) is 0 Å². The van der Waals surface area contributed by atoms with Crippen LogP contribution in [0.4, 0.5) is 0 Å². The van der Waals surface area contributed by atoms with E-state index in [4.69, 9.17) is 5.73 Å². The SMILES string of the molecule is NC1CCC(C(=O)N2CCCN(S(=O)(=O)c3ccccc3)CC2)C1. The third kappa shape index (κ3) is 3.63. The monoisotopic (exact) mass is 351 g/mol. The molecule has 1 aliphatic carbocycles. The molecule has 24 heavy (non-hydrogen) atoms. The third-order valence-electron chi connectivity index (χ3n) is 4.97. The van der Waals surface area contributed by atoms with Crippen LogP contribution >= 0.6 is 0 Å². The Labute approximate surface area is 143 Å². The smallest absolute Gasteiger partial charge is 0.243 e. The van der Waals surface area contributed by atoms with Gasteiger partial charge in [0.2, 0.25) is 15.9 Å². The van der Waals surface area contributed by atoms with Gasteiger partial charge in [-0.05, 0) is 37.8 Å². The lowest BCUT2D eigenvalue weighted by molar-refractivity contribution is -0.135. The highest BCUT2D eigenvalue weighted by Gasteiger charge is 2.33. The molecule has 1 aromatic rings. The van der Waals surface area contributed by atoms with E-state index in [-0.39, 0.29) is 17.9 Å². The molecule has 1 aliphatic heterocycles. The summed E-state index contributed by atoms with van der Waals surface area (Å²) in [7, 11) is -3.49. The average molecular weight is 351 g/mol. The van der Waals surface area contributed by atoms with Crippen molar-refractivity contribution in [3.05, 3.63) is 30.3 Å². The van der Waals surface area contributed by atoms with Gasteiger partial charge in [0.15, 0.2) is 0 Å². The molecule has 2 aliphatic rings. The van der Waals surface area contributed by atoms with Crippen LogP contribution in [0.3, 0.4) is 0 Å². The summed E-state index contributed by atoms with van der Waals surface area (Å²) in [5, 5.41) is 0. The molecule has 2 atom stereocenters. The van der Waals surface area contributed by atoms with Gasteiger partial charge in [-0.25, -0.2) is 8.42 Å². The normalized spacial score (nSPS) is 26.3. The molecule has 0 aromatic heterocycles. The minimum atomic E-state index is -3.49. The van der Waals surface area contributed by atoms with E-state index in [0.29, 0.717) is 37.5 Å². The molecule has 2 fully saturated rings. The van der Waals surface area contributed by atoms with Crippen LogP contribution < -0.4 is 5.73 Å². The molecule has 132 valence electrons. The zero-order valence-corrected chi connectivity index (χ0v) is 14.6. The van der Waals surface area contributed by atoms with Gasteiger partial charge in [0.05, 0.1) is 4.90 Å². The van der Waals surface area contributed by atoms with Crippen LogP contribution in [-0.2, 0) is 14.8 Å². The van der Waals surface area contributed by atoms with Crippen molar-refractivity contribution in [1.29, 1.82) is 0 Å². The number of benzene rings is 1. The summed E-state index contributed by atoms with van der Waals surface area (Å²) in [4.78, 5) is 14.8. The molecule has 6 nitrogen and oxygen atoms in total. The van der Waals surface area contributed by atoms with E-state index in [1.54, 1.807) is 30.3 Å². The number of nitrogens with zero attached hydrogens (tertiary/aromatic N) is 2. The quantitative estimate of drug-likeness (QED) is 0.882. The Hall–Kier alpha value is -1.44. The fourth-order valence-electron chi connectivity index (χ4n) is 3.59. The molecule has 0 spiro atoms. The minimum absolute atomic E-state index is 0.0114. The van der Waals surface area contributed by atoms with Crippen LogP contribution in [0, 0.1) is 5.92 Å². The molecule has 1 aromatic carbocycles. The molecular weight excluding hydrogens is 326 g/mol. The summed E-state index contributed by atoms with van der Waals surface area (Å²) >= 11 is 0. The van der Waals surface area contributed by atoms with Crippen molar-refractivity contribution in [2.24, 2.45) is 11.7 Å². The predicted octanol–water partition coefficient (Wildman–Crippen LogP) is 1.04. The molecule has 1 saturated heterocycles. The maximum Gasteiger partial charge on any atom is 0.243 e. The van der Waals surface area contributed by atoms with Gasteiger partial charge < -0.3 is 10.6 Å². The first kappa shape index (κ1) is 17.4. The zero-order chi connectivity index (χ0) is 17.2. The second-order valence-electron chi connectivity index (χ2n) is 6.67. The number of carbonyl (C=O) groups excluding carboxylic acids is 1. The highest BCUT2D eigenvalue weighted by Crippen LogP contribution is 2.27. The molecule has 2 N–H and O–H groups in total. The van der Waals surface area contributed by atoms with Crippen molar-refractivity contribution in [2.45, 2.75) is 36.6 Å². The van der Waals surface area contributed by atoms with Gasteiger partial charge in [-0.15, -0.1) is 0 Å². The fraction of sp³-hybridized carbons (Fsp3) is 0.588. The number of hydrogen-bond donors (Lipinski definition) is 1. The number of sulfonamides is 1. The van der Waals surface area contributed by atoms with E-state index in [1.807, 2.05) is 4.90 Å². The predicted molar refractivity (Wildman–Crippen MR) is 91.7 cm³/mol. The van der Waals surface area contributed by atoms with Gasteiger partial charge in [0.1, 0.15) is 0 Å². The Morgan fingerprint density at radius 2 is 1.79 bits per heavy atom. The average Bonchev–Trinajstić information content (AvgIpc) is 2.86. The summed E-state index contributed by atoms with van der Waals surface area (Å²) in [6.07, 6.45) is 3.17. The summed E-state index contributed by atoms with van der Waals surface area (Å²) in [5.41, 5.74) is 5.91. The lowest BCUT2D eigenvalue weighted by atomic mass is 10.1. The number of nitrogens with two attached hydrogens (primary N) is 1. The van der Waals surface area contributed by atoms with Crippen molar-refractivity contribution < 1.29 is 13.2 Å². The number of hydrogen-bond acceptors (Lipinski definition) is 4. The highest BCUT2D eigenvalue weighted by atomic mass is 32.2. The van der Waals surface area contributed by atoms with Crippen molar-refractivity contribution in [1.82, 2.24) is 9.21 Å². The molecule has 2 unspecified atom stereocenters. The van der Waals surface area contributed by atoms with Crippen LogP contribution in [0.15, 0.2) is 35.2 Å². The van der Waals surface area contributed by atoms with Crippen LogP contribution in [0.1, 0.15) is 25.7 Å². The van der Waals surface area contributed by atoms with Gasteiger partial charge in [-0.3, -0.25) is 4.79 Å². The van der Waals surface area contributed by atoms with Crippen LogP contribution in [-0.4, -0.2) is 55.8 Å². The van der Waals surface area contributed by atoms with E-state index >= 15 is 0 Å². The van der Waals surface area contributed by atoms with Crippen molar-refractivity contribution in [3.8, 4) is 0 Å². The number of rotatable bonds is 3. The topological polar surface area (TPSA) is 83.7 Å². The number of amides is 1. The van der Waals surface area contributed by atoms with Gasteiger partial charge in [-0.2, -0.15) is 4.31 Å². The molecule has 3 rings (SSSR count). The van der Waals surface area contributed by atoms with E-state index in [1.165, 1.54) is 4.31 Å². The summed E-state index contributed by atoms with van der Waals surface area (Å²) in [5.74, 6) is 0.152. The Balaban J connectivity index is 1.66. The van der Waals surface area contributed by atoms with Gasteiger partial charge >= 0.3 is 0 Å². The number of carbonyl (C=O) groups is 1. The Kier molecular flexibility index (Phi) is 5.22. The lowest BCUT2D eigenvalue weighted by Gasteiger charge is -2.24. The molecule has 1 heterocycles. The van der Waals surface area contributed by atoms with E-state index in [0.717, 1.165) is 19.3 Å². The molecule has 0 radical (unpaired) electrons. The standard InChI is InChI=1S/C17H25N3O3S/c18-15-8-7-14(13-15)17(21)19-9-4-10-20(12-11-19)24(22,23)16-5-2-1-3-6-16/h1-3,5-6,14-15H,4,7-13,18H2. The van der Waals surface area contributed by atoms with E-state index in [2.05, 4.69) is 0 Å². The first-order valence-corrected chi connectivity index (χ1v) is 10.0. The third-order valence-corrected chi connectivity index (χ3v) is 6.88. The first-order valence-electron chi connectivity index (χ1n) is 8.58. The fourth-order valence-corrected chi connectivity index (χ4v) is 5.09. The van der Waals surface area contributed by atoms with Crippen molar-refractivity contribution in [2.75, 3.05) is 26.2 Å². The Morgan fingerprint density at radius 3 is 2.46 bits per heavy atom. The largest absolute Gasteiger partial charge is 0.341 e. The summed E-state index contributed by atoms with van der Waals surface area (Å²) in [6, 6.07) is 8.61. The second-order valence-corrected chi connectivity index (χ2v) is 8.60. The Bertz CT molecular complexity index is 678. The van der Waals surface area contributed by atoms with Crippen LogP contribution in [0.25, 0.3) is 0 Å². The maximum atomic E-state index is 12.7. The lowest BCUT2D eigenvalue weighted by Crippen LogP contribution is -2.39.